The summed E-state index contributed by atoms with van der Waals surface area (Å²) in [5, 5.41) is 9.49. The zero-order chi connectivity index (χ0) is 14.0. The van der Waals surface area contributed by atoms with Crippen LogP contribution in [0.1, 0.15) is 21.5 Å². The van der Waals surface area contributed by atoms with Gasteiger partial charge in [0.2, 0.25) is 0 Å². The van der Waals surface area contributed by atoms with Crippen molar-refractivity contribution in [3.05, 3.63) is 59.2 Å². The molecule has 0 unspecified atom stereocenters. The Morgan fingerprint density at radius 1 is 1.11 bits per heavy atom. The van der Waals surface area contributed by atoms with E-state index in [0.717, 1.165) is 11.3 Å². The first-order chi connectivity index (χ1) is 8.99. The van der Waals surface area contributed by atoms with E-state index in [0.29, 0.717) is 11.1 Å². The minimum absolute atomic E-state index is 0.0892. The number of benzene rings is 2. The van der Waals surface area contributed by atoms with Gasteiger partial charge in [-0.2, -0.15) is 0 Å². The maximum Gasteiger partial charge on any atom is 0.258 e. The van der Waals surface area contributed by atoms with Gasteiger partial charge in [-0.3, -0.25) is 4.79 Å². The van der Waals surface area contributed by atoms with Gasteiger partial charge in [-0.05, 0) is 55.3 Å². The molecule has 0 saturated heterocycles. The Labute approximate surface area is 113 Å². The number of hydrogen-bond acceptors (Lipinski definition) is 2. The van der Waals surface area contributed by atoms with Gasteiger partial charge in [0.1, 0.15) is 5.75 Å². The van der Waals surface area contributed by atoms with Crippen LogP contribution in [0.4, 0.5) is 5.69 Å². The van der Waals surface area contributed by atoms with Crippen molar-refractivity contribution < 1.29 is 9.90 Å². The number of amides is 1. The van der Waals surface area contributed by atoms with Gasteiger partial charge in [0.05, 0.1) is 0 Å². The molecule has 0 saturated carbocycles. The zero-order valence-electron chi connectivity index (χ0n) is 11.3. The van der Waals surface area contributed by atoms with E-state index in [4.69, 9.17) is 0 Å². The second kappa shape index (κ2) is 5.14. The molecule has 0 spiro atoms. The van der Waals surface area contributed by atoms with E-state index in [9.17, 15) is 9.90 Å². The van der Waals surface area contributed by atoms with Crippen LogP contribution in [0.25, 0.3) is 0 Å². The van der Waals surface area contributed by atoms with E-state index in [1.165, 1.54) is 0 Å². The molecule has 2 aromatic rings. The van der Waals surface area contributed by atoms with Gasteiger partial charge in [0, 0.05) is 18.3 Å². The van der Waals surface area contributed by atoms with Crippen molar-refractivity contribution >= 4 is 11.6 Å². The van der Waals surface area contributed by atoms with Gasteiger partial charge in [-0.1, -0.05) is 12.1 Å². The minimum Gasteiger partial charge on any atom is -0.508 e. The first kappa shape index (κ1) is 13.1. The highest BCUT2D eigenvalue weighted by Gasteiger charge is 2.14. The molecule has 2 rings (SSSR count). The van der Waals surface area contributed by atoms with Crippen LogP contribution in [0.15, 0.2) is 42.5 Å². The predicted octanol–water partition coefficient (Wildman–Crippen LogP) is 3.29. The number of rotatable bonds is 2. The first-order valence-corrected chi connectivity index (χ1v) is 6.13. The van der Waals surface area contributed by atoms with Gasteiger partial charge >= 0.3 is 0 Å². The molecule has 0 heterocycles. The first-order valence-electron chi connectivity index (χ1n) is 6.13. The predicted molar refractivity (Wildman–Crippen MR) is 76.8 cm³/mol. The fourth-order valence-corrected chi connectivity index (χ4v) is 1.94. The van der Waals surface area contributed by atoms with Crippen molar-refractivity contribution in [2.24, 2.45) is 0 Å². The molecule has 3 nitrogen and oxygen atoms in total. The third-order valence-corrected chi connectivity index (χ3v) is 3.14. The highest BCUT2D eigenvalue weighted by molar-refractivity contribution is 6.05. The third-order valence-electron chi connectivity index (χ3n) is 3.14. The maximum absolute atomic E-state index is 12.4. The van der Waals surface area contributed by atoms with E-state index in [1.807, 2.05) is 31.2 Å². The summed E-state index contributed by atoms with van der Waals surface area (Å²) in [5.41, 5.74) is 3.23. The lowest BCUT2D eigenvalue weighted by atomic mass is 10.1. The van der Waals surface area contributed by atoms with Gasteiger partial charge in [-0.15, -0.1) is 0 Å². The summed E-state index contributed by atoms with van der Waals surface area (Å²) in [5.74, 6) is 0.114. The van der Waals surface area contributed by atoms with Crippen molar-refractivity contribution in [1.29, 1.82) is 0 Å². The normalized spacial score (nSPS) is 10.3. The van der Waals surface area contributed by atoms with Crippen LogP contribution in [0.3, 0.4) is 0 Å². The number of nitrogens with zero attached hydrogens (tertiary/aromatic N) is 1. The average molecular weight is 255 g/mol. The summed E-state index contributed by atoms with van der Waals surface area (Å²) in [6.07, 6.45) is 0. The zero-order valence-corrected chi connectivity index (χ0v) is 11.3. The highest BCUT2D eigenvalue weighted by Crippen LogP contribution is 2.21. The molecule has 0 aliphatic rings. The Bertz CT molecular complexity index is 620. The van der Waals surface area contributed by atoms with Gasteiger partial charge in [0.15, 0.2) is 0 Å². The topological polar surface area (TPSA) is 40.5 Å². The average Bonchev–Trinajstić information content (AvgIpc) is 2.40. The van der Waals surface area contributed by atoms with E-state index in [-0.39, 0.29) is 11.7 Å². The molecular formula is C16H17NO2. The number of carbonyl (C=O) groups is 1. The van der Waals surface area contributed by atoms with Crippen molar-refractivity contribution in [2.75, 3.05) is 11.9 Å². The van der Waals surface area contributed by atoms with Crippen LogP contribution in [-0.2, 0) is 0 Å². The highest BCUT2D eigenvalue weighted by atomic mass is 16.3. The van der Waals surface area contributed by atoms with Crippen LogP contribution < -0.4 is 4.90 Å². The fourth-order valence-electron chi connectivity index (χ4n) is 1.94. The van der Waals surface area contributed by atoms with E-state index in [1.54, 1.807) is 37.1 Å². The van der Waals surface area contributed by atoms with Gasteiger partial charge in [0.25, 0.3) is 5.91 Å². The van der Waals surface area contributed by atoms with Crippen LogP contribution >= 0.6 is 0 Å². The smallest absolute Gasteiger partial charge is 0.258 e. The van der Waals surface area contributed by atoms with Crippen molar-refractivity contribution in [3.63, 3.8) is 0 Å². The van der Waals surface area contributed by atoms with Crippen LogP contribution in [0.2, 0.25) is 0 Å². The summed E-state index contributed by atoms with van der Waals surface area (Å²) in [6, 6.07) is 12.7. The second-order valence-electron chi connectivity index (χ2n) is 4.70. The molecule has 0 aromatic heterocycles. The lowest BCUT2D eigenvalue weighted by Gasteiger charge is -2.18. The molecular weight excluding hydrogens is 238 g/mol. The second-order valence-corrected chi connectivity index (χ2v) is 4.70. The Balaban J connectivity index is 2.30. The molecule has 0 fully saturated rings. The van der Waals surface area contributed by atoms with Gasteiger partial charge in [-0.25, -0.2) is 0 Å². The van der Waals surface area contributed by atoms with Crippen LogP contribution in [0.5, 0.6) is 5.75 Å². The Kier molecular flexibility index (Phi) is 3.56. The molecule has 3 heteroatoms. The number of hydrogen-bond donors (Lipinski definition) is 1. The summed E-state index contributed by atoms with van der Waals surface area (Å²) in [6.45, 7) is 3.77. The Hall–Kier alpha value is -2.29. The number of anilines is 1. The summed E-state index contributed by atoms with van der Waals surface area (Å²) >= 11 is 0. The number of phenols is 1. The molecule has 19 heavy (non-hydrogen) atoms. The lowest BCUT2D eigenvalue weighted by molar-refractivity contribution is 0.0993. The van der Waals surface area contributed by atoms with E-state index >= 15 is 0 Å². The molecule has 0 atom stereocenters. The Morgan fingerprint density at radius 2 is 1.84 bits per heavy atom. The minimum atomic E-state index is -0.0892. The molecule has 2 aromatic carbocycles. The molecule has 0 radical (unpaired) electrons. The number of phenolic OH excluding ortho intramolecular Hbond substituents is 1. The van der Waals surface area contributed by atoms with Crippen molar-refractivity contribution in [3.8, 4) is 5.75 Å². The quantitative estimate of drug-likeness (QED) is 0.894. The molecule has 0 aliphatic heterocycles. The number of carbonyl (C=O) groups excluding carboxylic acids is 1. The Morgan fingerprint density at radius 3 is 2.47 bits per heavy atom. The van der Waals surface area contributed by atoms with Crippen LogP contribution in [-0.4, -0.2) is 18.1 Å². The number of aryl methyl sites for hydroxylation is 2. The van der Waals surface area contributed by atoms with Crippen LogP contribution in [0, 0.1) is 13.8 Å². The molecule has 0 bridgehead atoms. The lowest BCUT2D eigenvalue weighted by Crippen LogP contribution is -2.26. The standard InChI is InChI=1S/C16H17NO2/c1-11-5-4-6-14(9-11)17(3)16(19)13-7-8-15(18)12(2)10-13/h4-10,18H,1-3H3. The number of aromatic hydroxyl groups is 1. The molecule has 1 amide bonds. The van der Waals surface area contributed by atoms with Crippen molar-refractivity contribution in [1.82, 2.24) is 0 Å². The summed E-state index contributed by atoms with van der Waals surface area (Å²) < 4.78 is 0. The van der Waals surface area contributed by atoms with E-state index < -0.39 is 0 Å². The SMILES string of the molecule is Cc1cccc(N(C)C(=O)c2ccc(O)c(C)c2)c1. The third kappa shape index (κ3) is 2.76. The van der Waals surface area contributed by atoms with E-state index in [2.05, 4.69) is 0 Å². The summed E-state index contributed by atoms with van der Waals surface area (Å²) in [7, 11) is 1.75. The van der Waals surface area contributed by atoms with Gasteiger partial charge < -0.3 is 10.0 Å². The largest absolute Gasteiger partial charge is 0.508 e. The molecule has 1 N–H and O–H groups in total. The molecule has 98 valence electrons. The fraction of sp³-hybridized carbons (Fsp3) is 0.188. The maximum atomic E-state index is 12.4. The monoisotopic (exact) mass is 255 g/mol. The van der Waals surface area contributed by atoms with Crippen molar-refractivity contribution in [2.45, 2.75) is 13.8 Å². The molecule has 0 aliphatic carbocycles. The summed E-state index contributed by atoms with van der Waals surface area (Å²) in [4.78, 5) is 14.0.